The van der Waals surface area contributed by atoms with E-state index in [0.29, 0.717) is 52.0 Å². The van der Waals surface area contributed by atoms with E-state index in [1.54, 1.807) is 31.2 Å². The summed E-state index contributed by atoms with van der Waals surface area (Å²) < 4.78 is 8.44. The van der Waals surface area contributed by atoms with Crippen molar-refractivity contribution in [3.05, 3.63) is 87.2 Å². The van der Waals surface area contributed by atoms with Gasteiger partial charge in [-0.2, -0.15) is 15.6 Å². The second-order valence-electron chi connectivity index (χ2n) is 18.2. The number of carbonyl (C=O) groups excluding carboxylic acids is 2. The van der Waals surface area contributed by atoms with Crippen molar-refractivity contribution < 1.29 is 14.3 Å². The van der Waals surface area contributed by atoms with Crippen LogP contribution in [0.4, 0.5) is 17.3 Å². The van der Waals surface area contributed by atoms with Gasteiger partial charge in [0.15, 0.2) is 17.3 Å². The molecule has 3 fully saturated rings. The molecule has 1 aliphatic carbocycles. The molecule has 2 aromatic heterocycles. The summed E-state index contributed by atoms with van der Waals surface area (Å²) in [7, 11) is 0. The fraction of sp³-hybridized carbons (Fsp3) is 0.521. The zero-order chi connectivity index (χ0) is 43.6. The van der Waals surface area contributed by atoms with Gasteiger partial charge in [-0.15, -0.1) is 10.2 Å². The Morgan fingerprint density at radius 1 is 0.905 bits per heavy atom. The van der Waals surface area contributed by atoms with Crippen LogP contribution in [-0.2, 0) is 24.2 Å². The molecular formula is C48H56ClN11O3. The number of hydrogen-bond donors (Lipinski definition) is 1. The van der Waals surface area contributed by atoms with Crippen molar-refractivity contribution in [3.8, 4) is 17.9 Å². The largest absolute Gasteiger partial charge is 0.490 e. The molecule has 0 bridgehead atoms. The van der Waals surface area contributed by atoms with Gasteiger partial charge < -0.3 is 29.7 Å². The van der Waals surface area contributed by atoms with Crippen molar-refractivity contribution in [2.75, 3.05) is 55.6 Å². The summed E-state index contributed by atoms with van der Waals surface area (Å²) in [4.78, 5) is 34.9. The van der Waals surface area contributed by atoms with Gasteiger partial charge in [-0.25, -0.2) is 0 Å². The van der Waals surface area contributed by atoms with Gasteiger partial charge in [0, 0.05) is 88.2 Å². The van der Waals surface area contributed by atoms with Gasteiger partial charge in [0.1, 0.15) is 11.8 Å². The van der Waals surface area contributed by atoms with Crippen LogP contribution in [0.2, 0.25) is 5.02 Å². The molecule has 4 aliphatic heterocycles. The molecule has 5 aliphatic rings. The van der Waals surface area contributed by atoms with Crippen molar-refractivity contribution in [3.63, 3.8) is 0 Å². The number of nitrogens with one attached hydrogen (secondary N) is 1. The third kappa shape index (κ3) is 9.20. The molecule has 4 aromatic rings. The Hall–Kier alpha value is -5.70. The lowest BCUT2D eigenvalue weighted by Crippen LogP contribution is -2.46. The minimum absolute atomic E-state index is 0.0297. The van der Waals surface area contributed by atoms with Gasteiger partial charge in [0.2, 0.25) is 5.91 Å². The number of rotatable bonds is 9. The summed E-state index contributed by atoms with van der Waals surface area (Å²) >= 11 is 6.18. The number of carbonyl (C=O) groups is 2. The maximum absolute atomic E-state index is 13.1. The summed E-state index contributed by atoms with van der Waals surface area (Å²) in [6, 6.07) is 19.6. The molecular weight excluding hydrogens is 814 g/mol. The molecule has 0 spiro atoms. The fourth-order valence-corrected chi connectivity index (χ4v) is 10.7. The smallest absolute Gasteiger partial charge is 0.272 e. The van der Waals surface area contributed by atoms with Crippen molar-refractivity contribution in [2.45, 2.75) is 103 Å². The number of amides is 2. The molecule has 2 aromatic carbocycles. The minimum atomic E-state index is -0.204. The second kappa shape index (κ2) is 18.6. The van der Waals surface area contributed by atoms with Gasteiger partial charge in [0.25, 0.3) is 5.91 Å². The average Bonchev–Trinajstić information content (AvgIpc) is 3.69. The number of piperidine rings is 2. The first-order valence-electron chi connectivity index (χ1n) is 22.8. The topological polar surface area (TPSA) is 160 Å². The number of aromatic nitrogens is 4. The number of halogens is 1. The number of nitriles is 2. The van der Waals surface area contributed by atoms with Crippen LogP contribution in [0, 0.1) is 34.5 Å². The second-order valence-corrected chi connectivity index (χ2v) is 18.6. The zero-order valence-corrected chi connectivity index (χ0v) is 37.1. The van der Waals surface area contributed by atoms with Crippen LogP contribution in [0.1, 0.15) is 110 Å². The number of benzene rings is 2. The quantitative estimate of drug-likeness (QED) is 0.185. The van der Waals surface area contributed by atoms with Crippen LogP contribution in [-0.4, -0.2) is 99.6 Å². The molecule has 2 amide bonds. The van der Waals surface area contributed by atoms with Crippen LogP contribution >= 0.6 is 11.6 Å². The van der Waals surface area contributed by atoms with Crippen molar-refractivity contribution in [1.82, 2.24) is 35.1 Å². The van der Waals surface area contributed by atoms with E-state index < -0.39 is 0 Å². The molecule has 63 heavy (non-hydrogen) atoms. The van der Waals surface area contributed by atoms with Gasteiger partial charge in [-0.3, -0.25) is 14.3 Å². The van der Waals surface area contributed by atoms with Gasteiger partial charge in [-0.1, -0.05) is 18.5 Å². The number of aryl methyl sites for hydroxylation is 1. The molecule has 2 saturated heterocycles. The molecule has 14 nitrogen and oxygen atoms in total. The van der Waals surface area contributed by atoms with E-state index in [0.717, 1.165) is 127 Å². The van der Waals surface area contributed by atoms with Crippen molar-refractivity contribution in [2.24, 2.45) is 11.8 Å². The third-order valence-electron chi connectivity index (χ3n) is 14.2. The zero-order valence-electron chi connectivity index (χ0n) is 36.3. The maximum atomic E-state index is 13.1. The Labute approximate surface area is 374 Å². The summed E-state index contributed by atoms with van der Waals surface area (Å²) in [5.74, 6) is 3.40. The number of fused-ring (bicyclic) bond motifs is 2. The first-order chi connectivity index (χ1) is 30.6. The van der Waals surface area contributed by atoms with Crippen molar-refractivity contribution >= 4 is 40.7 Å². The van der Waals surface area contributed by atoms with E-state index in [1.807, 2.05) is 23.1 Å². The number of hydrogen-bond acceptors (Lipinski definition) is 11. The summed E-state index contributed by atoms with van der Waals surface area (Å²) in [5.41, 5.74) is 6.20. The Morgan fingerprint density at radius 2 is 1.73 bits per heavy atom. The molecule has 2 atom stereocenters. The van der Waals surface area contributed by atoms with E-state index in [-0.39, 0.29) is 24.0 Å². The van der Waals surface area contributed by atoms with Crippen molar-refractivity contribution in [1.29, 1.82) is 10.5 Å². The SMILES string of the molecule is CC(=O)N1CCc2c(c(N3CCCc4cc(C#N)ccc43)nn2C2CCN(C[C@H]3CCN(c4ccc(C(=O)NC5CCC(Oc6ccc(C#N)c(Cl)c6)CC5)nn4)C[C@H]3C)CC2)C1. The molecule has 6 heterocycles. The molecule has 328 valence electrons. The highest BCUT2D eigenvalue weighted by atomic mass is 35.5. The van der Waals surface area contributed by atoms with Gasteiger partial charge in [-0.05, 0) is 118 Å². The van der Waals surface area contributed by atoms with E-state index in [4.69, 9.17) is 26.7 Å². The van der Waals surface area contributed by atoms with Crippen LogP contribution < -0.4 is 19.9 Å². The monoisotopic (exact) mass is 869 g/mol. The molecule has 1 saturated carbocycles. The summed E-state index contributed by atoms with van der Waals surface area (Å²) in [6.45, 7) is 11.1. The Morgan fingerprint density at radius 3 is 2.44 bits per heavy atom. The number of anilines is 3. The molecule has 15 heteroatoms. The predicted molar refractivity (Wildman–Crippen MR) is 240 cm³/mol. The minimum Gasteiger partial charge on any atom is -0.490 e. The van der Waals surface area contributed by atoms with E-state index in [9.17, 15) is 14.9 Å². The Kier molecular flexibility index (Phi) is 12.6. The van der Waals surface area contributed by atoms with E-state index in [2.05, 4.69) is 60.0 Å². The Bertz CT molecular complexity index is 2410. The van der Waals surface area contributed by atoms with Gasteiger partial charge in [0.05, 0.1) is 40.9 Å². The average molecular weight is 871 g/mol. The number of nitrogens with zero attached hydrogens (tertiary/aromatic N) is 10. The molecule has 0 unspecified atom stereocenters. The fourth-order valence-electron chi connectivity index (χ4n) is 10.5. The van der Waals surface area contributed by atoms with Gasteiger partial charge >= 0.3 is 0 Å². The molecule has 9 rings (SSSR count). The highest BCUT2D eigenvalue weighted by Crippen LogP contribution is 2.40. The third-order valence-corrected chi connectivity index (χ3v) is 14.5. The Balaban J connectivity index is 0.757. The first kappa shape index (κ1) is 42.6. The van der Waals surface area contributed by atoms with Crippen LogP contribution in [0.15, 0.2) is 48.5 Å². The lowest BCUT2D eigenvalue weighted by Gasteiger charge is -2.41. The van der Waals surface area contributed by atoms with Crippen LogP contribution in [0.25, 0.3) is 0 Å². The lowest BCUT2D eigenvalue weighted by atomic mass is 9.86. The summed E-state index contributed by atoms with van der Waals surface area (Å²) in [6.07, 6.45) is 9.15. The summed E-state index contributed by atoms with van der Waals surface area (Å²) in [5, 5.41) is 36.5. The highest BCUT2D eigenvalue weighted by molar-refractivity contribution is 6.31. The standard InChI is InChI=1S/C48H56ClN11O3/c1-31-28-58(46-14-12-43(53-54-46)48(62)52-37-7-10-39(11-8-37)63-40-9-6-35(27-51)42(49)25-40)22-15-36(31)29-56-20-16-38(17-21-56)60-45-18-23-57(32(2)61)30-41(45)47(55-60)59-19-3-4-34-24-33(26-50)5-13-44(34)59/h5-6,9,12-14,24-25,31,36-39H,3-4,7-8,10-11,15-23,28-30H2,1-2H3,(H,52,62)/t31-,36-,37?,39?/m1/s1. The highest BCUT2D eigenvalue weighted by Gasteiger charge is 2.35. The van der Waals surface area contributed by atoms with Crippen LogP contribution in [0.5, 0.6) is 5.75 Å². The molecule has 1 N–H and O–H groups in total. The van der Waals surface area contributed by atoms with E-state index >= 15 is 0 Å². The maximum Gasteiger partial charge on any atom is 0.272 e. The number of likely N-dealkylation sites (tertiary alicyclic amines) is 1. The molecule has 0 radical (unpaired) electrons. The predicted octanol–water partition coefficient (Wildman–Crippen LogP) is 6.98. The first-order valence-corrected chi connectivity index (χ1v) is 23.2. The van der Waals surface area contributed by atoms with Crippen LogP contribution in [0.3, 0.4) is 0 Å². The van der Waals surface area contributed by atoms with E-state index in [1.165, 1.54) is 16.8 Å². The number of ether oxygens (including phenoxy) is 1. The lowest BCUT2D eigenvalue weighted by molar-refractivity contribution is -0.129. The normalized spacial score (nSPS) is 23.0.